The topological polar surface area (TPSA) is 59.3 Å². The quantitative estimate of drug-likeness (QED) is 0.512. The first-order valence-electron chi connectivity index (χ1n) is 7.42. The molecule has 0 radical (unpaired) electrons. The number of para-hydroxylation sites is 1. The fourth-order valence-corrected chi connectivity index (χ4v) is 2.80. The van der Waals surface area contributed by atoms with Crippen LogP contribution in [0.2, 0.25) is 10.0 Å². The zero-order chi connectivity index (χ0) is 18.0. The second-order valence-corrected chi connectivity index (χ2v) is 6.20. The Hall–Kier alpha value is -2.56. The van der Waals surface area contributed by atoms with Gasteiger partial charge in [0, 0.05) is 10.4 Å². The highest BCUT2D eigenvalue weighted by Crippen LogP contribution is 2.26. The van der Waals surface area contributed by atoms with Crippen molar-refractivity contribution in [2.45, 2.75) is 6.42 Å². The summed E-state index contributed by atoms with van der Waals surface area (Å²) in [6.07, 6.45) is 2.28. The fourth-order valence-electron chi connectivity index (χ4n) is 2.46. The summed E-state index contributed by atoms with van der Waals surface area (Å²) in [5.41, 5.74) is 0.761. The molecule has 3 aromatic rings. The van der Waals surface area contributed by atoms with Crippen molar-refractivity contribution in [1.29, 1.82) is 0 Å². The van der Waals surface area contributed by atoms with E-state index in [0.717, 1.165) is 5.56 Å². The summed E-state index contributed by atoms with van der Waals surface area (Å²) in [5, 5.41) is 3.97. The number of anilines is 1. The van der Waals surface area contributed by atoms with E-state index in [1.165, 1.54) is 12.1 Å². The molecule has 6 heteroatoms. The van der Waals surface area contributed by atoms with E-state index in [-0.39, 0.29) is 5.56 Å². The number of allylic oxidation sites excluding steroid dienone is 1. The van der Waals surface area contributed by atoms with Crippen LogP contribution in [0, 0.1) is 0 Å². The SMILES string of the molecule is C=CCc1cccc2cc(C(=O)Nc3cc(Cl)ccc3Cl)c(=O)oc12. The van der Waals surface area contributed by atoms with Gasteiger partial charge in [0.2, 0.25) is 0 Å². The molecule has 126 valence electrons. The minimum atomic E-state index is -0.723. The maximum absolute atomic E-state index is 12.5. The molecule has 2 aromatic carbocycles. The van der Waals surface area contributed by atoms with Crippen LogP contribution in [-0.2, 0) is 6.42 Å². The Kier molecular flexibility index (Phi) is 4.93. The maximum atomic E-state index is 12.5. The van der Waals surface area contributed by atoms with Crippen LogP contribution in [0.3, 0.4) is 0 Å². The molecular weight excluding hydrogens is 361 g/mol. The summed E-state index contributed by atoms with van der Waals surface area (Å²) in [6.45, 7) is 3.69. The van der Waals surface area contributed by atoms with E-state index < -0.39 is 11.5 Å². The molecule has 0 aliphatic carbocycles. The molecule has 1 N–H and O–H groups in total. The third kappa shape index (κ3) is 3.60. The lowest BCUT2D eigenvalue weighted by molar-refractivity contribution is 0.102. The Balaban J connectivity index is 2.02. The molecule has 0 unspecified atom stereocenters. The van der Waals surface area contributed by atoms with Crippen molar-refractivity contribution in [3.05, 3.63) is 86.7 Å². The van der Waals surface area contributed by atoms with Crippen LogP contribution in [0.1, 0.15) is 15.9 Å². The van der Waals surface area contributed by atoms with Crippen LogP contribution in [0.25, 0.3) is 11.0 Å². The average molecular weight is 374 g/mol. The maximum Gasteiger partial charge on any atom is 0.349 e. The van der Waals surface area contributed by atoms with E-state index in [2.05, 4.69) is 11.9 Å². The van der Waals surface area contributed by atoms with Gasteiger partial charge >= 0.3 is 5.63 Å². The molecule has 0 saturated heterocycles. The van der Waals surface area contributed by atoms with Gasteiger partial charge in [-0.15, -0.1) is 6.58 Å². The first-order chi connectivity index (χ1) is 12.0. The Morgan fingerprint density at radius 2 is 2.00 bits per heavy atom. The normalized spacial score (nSPS) is 10.6. The van der Waals surface area contributed by atoms with Crippen molar-refractivity contribution >= 4 is 45.8 Å². The Morgan fingerprint density at radius 1 is 1.20 bits per heavy atom. The number of rotatable bonds is 4. The van der Waals surface area contributed by atoms with E-state index in [0.29, 0.717) is 33.1 Å². The van der Waals surface area contributed by atoms with E-state index in [4.69, 9.17) is 27.6 Å². The van der Waals surface area contributed by atoms with Gasteiger partial charge in [-0.2, -0.15) is 0 Å². The zero-order valence-electron chi connectivity index (χ0n) is 13.0. The number of benzene rings is 2. The summed E-state index contributed by atoms with van der Waals surface area (Å²) >= 11 is 11.9. The van der Waals surface area contributed by atoms with Crippen LogP contribution >= 0.6 is 23.2 Å². The van der Waals surface area contributed by atoms with Crippen LogP contribution in [0.5, 0.6) is 0 Å². The monoisotopic (exact) mass is 373 g/mol. The van der Waals surface area contributed by atoms with E-state index in [1.807, 2.05) is 12.1 Å². The molecule has 4 nitrogen and oxygen atoms in total. The molecule has 0 spiro atoms. The first-order valence-corrected chi connectivity index (χ1v) is 8.18. The standard InChI is InChI=1S/C19H13Cl2NO3/c1-2-4-11-5-3-6-12-9-14(19(24)25-17(11)12)18(23)22-16-10-13(20)7-8-15(16)21/h2-3,5-10H,1,4H2,(H,22,23). The van der Waals surface area contributed by atoms with Crippen molar-refractivity contribution in [2.75, 3.05) is 5.32 Å². The number of carbonyl (C=O) groups is 1. The van der Waals surface area contributed by atoms with Gasteiger partial charge in [-0.1, -0.05) is 47.5 Å². The van der Waals surface area contributed by atoms with Gasteiger partial charge in [-0.3, -0.25) is 4.79 Å². The number of nitrogens with one attached hydrogen (secondary N) is 1. The molecule has 25 heavy (non-hydrogen) atoms. The number of fused-ring (bicyclic) bond motifs is 1. The van der Waals surface area contributed by atoms with Gasteiger partial charge in [0.15, 0.2) is 0 Å². The highest BCUT2D eigenvalue weighted by atomic mass is 35.5. The first kappa shape index (κ1) is 17.3. The average Bonchev–Trinajstić information content (AvgIpc) is 2.58. The van der Waals surface area contributed by atoms with E-state index in [1.54, 1.807) is 24.3 Å². The van der Waals surface area contributed by atoms with E-state index in [9.17, 15) is 9.59 Å². The third-order valence-corrected chi connectivity index (χ3v) is 4.19. The second-order valence-electron chi connectivity index (χ2n) is 5.35. The molecule has 0 aliphatic rings. The summed E-state index contributed by atoms with van der Waals surface area (Å²) in [7, 11) is 0. The van der Waals surface area contributed by atoms with Gasteiger partial charge in [-0.05, 0) is 36.2 Å². The lowest BCUT2D eigenvalue weighted by atomic mass is 10.1. The number of halogens is 2. The van der Waals surface area contributed by atoms with Gasteiger partial charge in [0.05, 0.1) is 10.7 Å². The molecule has 0 aliphatic heterocycles. The molecular formula is C19H13Cl2NO3. The van der Waals surface area contributed by atoms with Crippen molar-refractivity contribution in [1.82, 2.24) is 0 Å². The Labute approximate surface area is 153 Å². The Morgan fingerprint density at radius 3 is 2.76 bits per heavy atom. The zero-order valence-corrected chi connectivity index (χ0v) is 14.5. The number of amides is 1. The molecule has 0 atom stereocenters. The van der Waals surface area contributed by atoms with E-state index >= 15 is 0 Å². The lowest BCUT2D eigenvalue weighted by Crippen LogP contribution is -2.21. The number of hydrogen-bond donors (Lipinski definition) is 1. The summed E-state index contributed by atoms with van der Waals surface area (Å²) in [4.78, 5) is 24.7. The molecule has 0 bridgehead atoms. The smallest absolute Gasteiger partial charge is 0.349 e. The highest BCUT2D eigenvalue weighted by molar-refractivity contribution is 6.35. The predicted molar refractivity (Wildman–Crippen MR) is 101 cm³/mol. The van der Waals surface area contributed by atoms with Gasteiger partial charge in [0.1, 0.15) is 11.1 Å². The summed E-state index contributed by atoms with van der Waals surface area (Å²) < 4.78 is 5.37. The van der Waals surface area contributed by atoms with Crippen molar-refractivity contribution in [3.8, 4) is 0 Å². The largest absolute Gasteiger partial charge is 0.422 e. The minimum absolute atomic E-state index is 0.112. The predicted octanol–water partition coefficient (Wildman–Crippen LogP) is 5.08. The third-order valence-electron chi connectivity index (χ3n) is 3.63. The molecule has 0 saturated carbocycles. The van der Waals surface area contributed by atoms with Crippen LogP contribution in [-0.4, -0.2) is 5.91 Å². The van der Waals surface area contributed by atoms with Gasteiger partial charge in [-0.25, -0.2) is 4.79 Å². The number of hydrogen-bond acceptors (Lipinski definition) is 3. The number of carbonyl (C=O) groups excluding carboxylic acids is 1. The molecule has 1 aromatic heterocycles. The van der Waals surface area contributed by atoms with Gasteiger partial charge < -0.3 is 9.73 Å². The summed E-state index contributed by atoms with van der Waals surface area (Å²) in [6, 6.07) is 11.6. The van der Waals surface area contributed by atoms with Crippen LogP contribution < -0.4 is 10.9 Å². The van der Waals surface area contributed by atoms with Crippen molar-refractivity contribution in [2.24, 2.45) is 0 Å². The lowest BCUT2D eigenvalue weighted by Gasteiger charge is -2.08. The van der Waals surface area contributed by atoms with Crippen molar-refractivity contribution < 1.29 is 9.21 Å². The minimum Gasteiger partial charge on any atom is -0.422 e. The highest BCUT2D eigenvalue weighted by Gasteiger charge is 2.16. The second kappa shape index (κ2) is 7.13. The Bertz CT molecular complexity index is 1040. The molecule has 1 amide bonds. The fraction of sp³-hybridized carbons (Fsp3) is 0.0526. The molecule has 0 fully saturated rings. The van der Waals surface area contributed by atoms with Crippen LogP contribution in [0.15, 0.2) is 64.3 Å². The molecule has 1 heterocycles. The van der Waals surface area contributed by atoms with Crippen molar-refractivity contribution in [3.63, 3.8) is 0 Å². The molecule has 3 rings (SSSR count). The summed E-state index contributed by atoms with van der Waals surface area (Å²) in [5.74, 6) is -0.617. The van der Waals surface area contributed by atoms with Crippen LogP contribution in [0.4, 0.5) is 5.69 Å². The van der Waals surface area contributed by atoms with Gasteiger partial charge in [0.25, 0.3) is 5.91 Å².